The monoisotopic (exact) mass is 309 g/mol. The maximum Gasteiger partial charge on any atom is 0.254 e. The number of halogens is 1. The lowest BCUT2D eigenvalue weighted by Gasteiger charge is -2.32. The largest absolute Gasteiger partial charge is 0.486 e. The number of alkyl halides is 1. The van der Waals surface area contributed by atoms with Gasteiger partial charge in [0.2, 0.25) is 0 Å². The van der Waals surface area contributed by atoms with E-state index in [1.807, 2.05) is 17.0 Å². The maximum absolute atomic E-state index is 12.6. The van der Waals surface area contributed by atoms with Crippen LogP contribution >= 0.6 is 11.6 Å². The second-order valence-electron chi connectivity index (χ2n) is 5.60. The minimum absolute atomic E-state index is 0.0752. The van der Waals surface area contributed by atoms with Gasteiger partial charge in [-0.15, -0.1) is 11.6 Å². The van der Waals surface area contributed by atoms with Crippen molar-refractivity contribution in [3.8, 4) is 11.5 Å². The Hall–Kier alpha value is -1.42. The van der Waals surface area contributed by atoms with E-state index in [2.05, 4.69) is 0 Å². The van der Waals surface area contributed by atoms with Crippen LogP contribution in [0.4, 0.5) is 0 Å². The second kappa shape index (κ2) is 6.56. The van der Waals surface area contributed by atoms with Crippen molar-refractivity contribution in [3.05, 3.63) is 23.8 Å². The summed E-state index contributed by atoms with van der Waals surface area (Å²) in [4.78, 5) is 14.6. The Morgan fingerprint density at radius 3 is 2.90 bits per heavy atom. The van der Waals surface area contributed by atoms with Crippen LogP contribution in [0.25, 0.3) is 0 Å². The molecule has 0 spiro atoms. The molecule has 1 aromatic carbocycles. The molecule has 2 heterocycles. The first kappa shape index (κ1) is 14.5. The SMILES string of the molecule is O=C(c1ccc2c(c1)OCCO2)N1CCCC(CCCl)C1. The molecule has 0 aliphatic carbocycles. The molecule has 2 aliphatic rings. The predicted octanol–water partition coefficient (Wildman–Crippen LogP) is 2.94. The third kappa shape index (κ3) is 3.26. The van der Waals surface area contributed by atoms with E-state index in [0.717, 1.165) is 38.1 Å². The number of fused-ring (bicyclic) bond motifs is 1. The number of hydrogen-bond acceptors (Lipinski definition) is 3. The summed E-state index contributed by atoms with van der Waals surface area (Å²) in [6.07, 6.45) is 3.20. The first-order chi connectivity index (χ1) is 10.3. The van der Waals surface area contributed by atoms with Crippen molar-refractivity contribution in [3.63, 3.8) is 0 Å². The molecular weight excluding hydrogens is 290 g/mol. The average Bonchev–Trinajstić information content (AvgIpc) is 2.54. The fraction of sp³-hybridized carbons (Fsp3) is 0.562. The number of rotatable bonds is 3. The maximum atomic E-state index is 12.6. The van der Waals surface area contributed by atoms with Crippen LogP contribution in [-0.4, -0.2) is 43.0 Å². The Morgan fingerprint density at radius 2 is 2.10 bits per heavy atom. The number of ether oxygens (including phenoxy) is 2. The third-order valence-corrected chi connectivity index (χ3v) is 4.33. The summed E-state index contributed by atoms with van der Waals surface area (Å²) >= 11 is 5.82. The summed E-state index contributed by atoms with van der Waals surface area (Å²) in [6.45, 7) is 2.73. The number of carbonyl (C=O) groups excluding carboxylic acids is 1. The van der Waals surface area contributed by atoms with Gasteiger partial charge in [-0.1, -0.05) is 0 Å². The van der Waals surface area contributed by atoms with Gasteiger partial charge in [0.25, 0.3) is 5.91 Å². The highest BCUT2D eigenvalue weighted by Crippen LogP contribution is 2.31. The van der Waals surface area contributed by atoms with E-state index in [-0.39, 0.29) is 5.91 Å². The van der Waals surface area contributed by atoms with Gasteiger partial charge in [0, 0.05) is 24.5 Å². The van der Waals surface area contributed by atoms with Gasteiger partial charge >= 0.3 is 0 Å². The molecule has 2 aliphatic heterocycles. The lowest BCUT2D eigenvalue weighted by molar-refractivity contribution is 0.0670. The van der Waals surface area contributed by atoms with Gasteiger partial charge in [-0.3, -0.25) is 4.79 Å². The van der Waals surface area contributed by atoms with Gasteiger partial charge in [-0.2, -0.15) is 0 Å². The molecule has 21 heavy (non-hydrogen) atoms. The molecule has 1 atom stereocenters. The van der Waals surface area contributed by atoms with E-state index in [1.165, 1.54) is 0 Å². The normalized spacial score (nSPS) is 21.2. The van der Waals surface area contributed by atoms with Crippen LogP contribution in [0.15, 0.2) is 18.2 Å². The minimum Gasteiger partial charge on any atom is -0.486 e. The average molecular weight is 310 g/mol. The van der Waals surface area contributed by atoms with Crippen molar-refractivity contribution in [2.24, 2.45) is 5.92 Å². The van der Waals surface area contributed by atoms with Crippen LogP contribution in [0, 0.1) is 5.92 Å². The van der Waals surface area contributed by atoms with Crippen LogP contribution in [-0.2, 0) is 0 Å². The summed E-state index contributed by atoms with van der Waals surface area (Å²) in [5.74, 6) is 2.65. The summed E-state index contributed by atoms with van der Waals surface area (Å²) in [5, 5.41) is 0. The van der Waals surface area contributed by atoms with E-state index >= 15 is 0 Å². The smallest absolute Gasteiger partial charge is 0.254 e. The van der Waals surface area contributed by atoms with Crippen LogP contribution in [0.2, 0.25) is 0 Å². The van der Waals surface area contributed by atoms with Crippen molar-refractivity contribution in [2.75, 3.05) is 32.2 Å². The van der Waals surface area contributed by atoms with Crippen LogP contribution in [0.3, 0.4) is 0 Å². The number of piperidine rings is 1. The summed E-state index contributed by atoms with van der Waals surface area (Å²) in [7, 11) is 0. The molecule has 0 bridgehead atoms. The molecule has 0 saturated carbocycles. The van der Waals surface area contributed by atoms with Crippen molar-refractivity contribution >= 4 is 17.5 Å². The van der Waals surface area contributed by atoms with E-state index in [9.17, 15) is 4.79 Å². The molecule has 1 unspecified atom stereocenters. The number of amides is 1. The number of likely N-dealkylation sites (tertiary alicyclic amines) is 1. The Kier molecular flexibility index (Phi) is 4.54. The first-order valence-corrected chi connectivity index (χ1v) is 8.06. The fourth-order valence-electron chi connectivity index (χ4n) is 3.00. The Bertz CT molecular complexity index is 518. The fourth-order valence-corrected chi connectivity index (χ4v) is 3.31. The van der Waals surface area contributed by atoms with Gasteiger partial charge in [0.05, 0.1) is 0 Å². The quantitative estimate of drug-likeness (QED) is 0.806. The predicted molar refractivity (Wildman–Crippen MR) is 81.4 cm³/mol. The molecule has 0 radical (unpaired) electrons. The van der Waals surface area contributed by atoms with Crippen molar-refractivity contribution < 1.29 is 14.3 Å². The highest BCUT2D eigenvalue weighted by molar-refractivity contribution is 6.17. The zero-order chi connectivity index (χ0) is 14.7. The number of hydrogen-bond donors (Lipinski definition) is 0. The molecule has 0 N–H and O–H groups in total. The molecule has 1 amide bonds. The molecule has 3 rings (SSSR count). The molecule has 1 aromatic rings. The van der Waals surface area contributed by atoms with Crippen molar-refractivity contribution in [2.45, 2.75) is 19.3 Å². The molecule has 114 valence electrons. The number of carbonyl (C=O) groups is 1. The highest BCUT2D eigenvalue weighted by Gasteiger charge is 2.25. The zero-order valence-electron chi connectivity index (χ0n) is 12.0. The lowest BCUT2D eigenvalue weighted by atomic mass is 9.95. The van der Waals surface area contributed by atoms with E-state index < -0.39 is 0 Å². The minimum atomic E-state index is 0.0752. The van der Waals surface area contributed by atoms with Gasteiger partial charge in [-0.25, -0.2) is 0 Å². The molecule has 0 aromatic heterocycles. The molecule has 1 fully saturated rings. The second-order valence-corrected chi connectivity index (χ2v) is 5.97. The van der Waals surface area contributed by atoms with Crippen LogP contribution < -0.4 is 9.47 Å². The molecular formula is C16H20ClNO3. The van der Waals surface area contributed by atoms with Crippen LogP contribution in [0.5, 0.6) is 11.5 Å². The van der Waals surface area contributed by atoms with E-state index in [0.29, 0.717) is 36.3 Å². The summed E-state index contributed by atoms with van der Waals surface area (Å²) in [5.41, 5.74) is 0.672. The Balaban J connectivity index is 1.72. The topological polar surface area (TPSA) is 38.8 Å². The molecule has 1 saturated heterocycles. The Morgan fingerprint density at radius 1 is 1.29 bits per heavy atom. The van der Waals surface area contributed by atoms with E-state index in [1.54, 1.807) is 6.07 Å². The standard InChI is InChI=1S/C16H20ClNO3/c17-6-5-12-2-1-7-18(11-12)16(19)13-3-4-14-15(10-13)21-9-8-20-14/h3-4,10,12H,1-2,5-9,11H2. The zero-order valence-corrected chi connectivity index (χ0v) is 12.8. The van der Waals surface area contributed by atoms with Crippen molar-refractivity contribution in [1.29, 1.82) is 0 Å². The van der Waals surface area contributed by atoms with Gasteiger partial charge in [0.15, 0.2) is 11.5 Å². The number of nitrogens with zero attached hydrogens (tertiary/aromatic N) is 1. The van der Waals surface area contributed by atoms with Gasteiger partial charge in [-0.05, 0) is 43.4 Å². The molecule has 5 heteroatoms. The van der Waals surface area contributed by atoms with E-state index in [4.69, 9.17) is 21.1 Å². The third-order valence-electron chi connectivity index (χ3n) is 4.11. The van der Waals surface area contributed by atoms with Gasteiger partial charge < -0.3 is 14.4 Å². The summed E-state index contributed by atoms with van der Waals surface area (Å²) in [6, 6.07) is 5.44. The number of benzene rings is 1. The van der Waals surface area contributed by atoms with Gasteiger partial charge in [0.1, 0.15) is 13.2 Å². The molecule has 4 nitrogen and oxygen atoms in total. The highest BCUT2D eigenvalue weighted by atomic mass is 35.5. The Labute approximate surface area is 130 Å². The summed E-state index contributed by atoms with van der Waals surface area (Å²) < 4.78 is 11.0. The van der Waals surface area contributed by atoms with Crippen molar-refractivity contribution in [1.82, 2.24) is 4.90 Å². The first-order valence-electron chi connectivity index (χ1n) is 7.53. The van der Waals surface area contributed by atoms with Crippen LogP contribution in [0.1, 0.15) is 29.6 Å². The lowest BCUT2D eigenvalue weighted by Crippen LogP contribution is -2.40.